The molecule has 9 nitrogen and oxygen atoms in total. The maximum absolute atomic E-state index is 11.0. The molecular weight excluding hydrogens is 280 g/mol. The number of rotatable bonds is 5. The van der Waals surface area contributed by atoms with Crippen LogP contribution >= 0.6 is 0 Å². The molecule has 0 saturated carbocycles. The molecule has 0 bridgehead atoms. The van der Waals surface area contributed by atoms with E-state index in [1.54, 1.807) is 0 Å². The number of amides is 1. The Morgan fingerprint density at radius 1 is 1.52 bits per heavy atom. The van der Waals surface area contributed by atoms with Crippen molar-refractivity contribution in [2.45, 2.75) is 19.1 Å². The summed E-state index contributed by atoms with van der Waals surface area (Å²) in [6, 6.07) is 2.65. The van der Waals surface area contributed by atoms with Crippen LogP contribution in [0.4, 0.5) is 5.69 Å². The predicted molar refractivity (Wildman–Crippen MR) is 72.4 cm³/mol. The monoisotopic (exact) mass is 294 g/mol. The first-order valence-corrected chi connectivity index (χ1v) is 6.12. The Labute approximate surface area is 118 Å². The molecule has 0 fully saturated rings. The van der Waals surface area contributed by atoms with Crippen molar-refractivity contribution >= 4 is 22.5 Å². The number of fused-ring (bicyclic) bond motifs is 1. The molecule has 21 heavy (non-hydrogen) atoms. The number of benzene rings is 1. The molecule has 9 heteroatoms. The SMILES string of the molecule is CC(=O)NCC(O)C(O)c1cc([N+](=O)[O-])c2cn[nH]c2c1. The summed E-state index contributed by atoms with van der Waals surface area (Å²) < 4.78 is 0. The van der Waals surface area contributed by atoms with Crippen LogP contribution < -0.4 is 5.32 Å². The molecule has 2 rings (SSSR count). The lowest BCUT2D eigenvalue weighted by Crippen LogP contribution is -2.34. The second-order valence-corrected chi connectivity index (χ2v) is 4.58. The number of nitrogens with zero attached hydrogens (tertiary/aromatic N) is 2. The molecule has 0 aliphatic rings. The molecule has 0 radical (unpaired) electrons. The highest BCUT2D eigenvalue weighted by molar-refractivity contribution is 5.88. The van der Waals surface area contributed by atoms with Gasteiger partial charge in [-0.2, -0.15) is 5.10 Å². The lowest BCUT2D eigenvalue weighted by molar-refractivity contribution is -0.383. The Bertz CT molecular complexity index is 683. The lowest BCUT2D eigenvalue weighted by Gasteiger charge is -2.18. The van der Waals surface area contributed by atoms with Crippen LogP contribution in [0.2, 0.25) is 0 Å². The number of nitro groups is 1. The van der Waals surface area contributed by atoms with Gasteiger partial charge in [0.25, 0.3) is 5.69 Å². The molecule has 0 spiro atoms. The van der Waals surface area contributed by atoms with Gasteiger partial charge in [0, 0.05) is 19.5 Å². The molecule has 1 amide bonds. The van der Waals surface area contributed by atoms with E-state index in [1.807, 2.05) is 0 Å². The fraction of sp³-hybridized carbons (Fsp3) is 0.333. The van der Waals surface area contributed by atoms with Gasteiger partial charge in [-0.05, 0) is 11.6 Å². The number of H-pyrrole nitrogens is 1. The van der Waals surface area contributed by atoms with Gasteiger partial charge in [0.05, 0.1) is 22.0 Å². The van der Waals surface area contributed by atoms with E-state index in [4.69, 9.17) is 0 Å². The van der Waals surface area contributed by atoms with Crippen LogP contribution in [0.25, 0.3) is 10.9 Å². The van der Waals surface area contributed by atoms with Crippen molar-refractivity contribution in [3.8, 4) is 0 Å². The quantitative estimate of drug-likeness (QED) is 0.452. The van der Waals surface area contributed by atoms with Crippen molar-refractivity contribution in [2.75, 3.05) is 6.54 Å². The van der Waals surface area contributed by atoms with Gasteiger partial charge in [-0.1, -0.05) is 0 Å². The first-order chi connectivity index (χ1) is 9.90. The number of nitrogens with one attached hydrogen (secondary N) is 2. The zero-order chi connectivity index (χ0) is 15.6. The summed E-state index contributed by atoms with van der Waals surface area (Å²) in [7, 11) is 0. The highest BCUT2D eigenvalue weighted by atomic mass is 16.6. The Kier molecular flexibility index (Phi) is 4.15. The minimum atomic E-state index is -1.37. The molecular formula is C12H14N4O5. The van der Waals surface area contributed by atoms with Crippen molar-refractivity contribution in [3.63, 3.8) is 0 Å². The Balaban J connectivity index is 2.32. The molecule has 2 aromatic rings. The summed E-state index contributed by atoms with van der Waals surface area (Å²) in [5, 5.41) is 39.9. The molecule has 0 aliphatic heterocycles. The van der Waals surface area contributed by atoms with E-state index in [-0.39, 0.29) is 23.7 Å². The highest BCUT2D eigenvalue weighted by Gasteiger charge is 2.23. The number of non-ortho nitro benzene ring substituents is 1. The first-order valence-electron chi connectivity index (χ1n) is 6.12. The average Bonchev–Trinajstić information content (AvgIpc) is 2.90. The average molecular weight is 294 g/mol. The number of aromatic amines is 1. The first kappa shape index (κ1) is 14.9. The highest BCUT2D eigenvalue weighted by Crippen LogP contribution is 2.29. The Hall–Kier alpha value is -2.52. The van der Waals surface area contributed by atoms with Crippen LogP contribution in [0.3, 0.4) is 0 Å². The maximum atomic E-state index is 11.0. The van der Waals surface area contributed by atoms with Crippen molar-refractivity contribution in [3.05, 3.63) is 34.0 Å². The predicted octanol–water partition coefficient (Wildman–Crippen LogP) is 0.00150. The largest absolute Gasteiger partial charge is 0.388 e. The summed E-state index contributed by atoms with van der Waals surface area (Å²) in [4.78, 5) is 21.2. The number of aliphatic hydroxyl groups is 2. The third-order valence-corrected chi connectivity index (χ3v) is 3.02. The molecule has 1 aromatic carbocycles. The minimum absolute atomic E-state index is 0.161. The summed E-state index contributed by atoms with van der Waals surface area (Å²) in [6.07, 6.45) is -1.34. The van der Waals surface area contributed by atoms with Crippen molar-refractivity contribution in [1.29, 1.82) is 0 Å². The van der Waals surface area contributed by atoms with Gasteiger partial charge in [0.15, 0.2) is 0 Å². The maximum Gasteiger partial charge on any atom is 0.280 e. The number of hydrogen-bond donors (Lipinski definition) is 4. The number of carbonyl (C=O) groups excluding carboxylic acids is 1. The number of carbonyl (C=O) groups is 1. The van der Waals surface area contributed by atoms with Gasteiger partial charge >= 0.3 is 0 Å². The summed E-state index contributed by atoms with van der Waals surface area (Å²) in [6.45, 7) is 1.12. The van der Waals surface area contributed by atoms with Crippen LogP contribution in [0.5, 0.6) is 0 Å². The second kappa shape index (κ2) is 5.85. The summed E-state index contributed by atoms with van der Waals surface area (Å²) >= 11 is 0. The fourth-order valence-electron chi connectivity index (χ4n) is 1.96. The van der Waals surface area contributed by atoms with E-state index in [1.165, 1.54) is 25.3 Å². The van der Waals surface area contributed by atoms with Gasteiger partial charge in [-0.3, -0.25) is 20.0 Å². The van der Waals surface area contributed by atoms with Crippen molar-refractivity contribution in [1.82, 2.24) is 15.5 Å². The molecule has 4 N–H and O–H groups in total. The van der Waals surface area contributed by atoms with E-state index >= 15 is 0 Å². The standard InChI is InChI=1S/C12H14N4O5/c1-6(17)13-5-11(18)12(19)7-2-9-8(4-14-15-9)10(3-7)16(20)21/h2-4,11-12,18-19H,5H2,1H3,(H,13,17)(H,14,15). The Morgan fingerprint density at radius 2 is 2.24 bits per heavy atom. The van der Waals surface area contributed by atoms with Gasteiger partial charge in [-0.15, -0.1) is 0 Å². The molecule has 1 heterocycles. The van der Waals surface area contributed by atoms with E-state index in [9.17, 15) is 25.1 Å². The number of nitro benzene ring substituents is 1. The molecule has 1 aromatic heterocycles. The van der Waals surface area contributed by atoms with E-state index < -0.39 is 17.1 Å². The smallest absolute Gasteiger partial charge is 0.280 e. The van der Waals surface area contributed by atoms with Crippen molar-refractivity contribution < 1.29 is 19.9 Å². The molecule has 2 unspecified atom stereocenters. The topological polar surface area (TPSA) is 141 Å². The summed E-state index contributed by atoms with van der Waals surface area (Å²) in [5.41, 5.74) is 0.323. The van der Waals surface area contributed by atoms with Crippen LogP contribution in [-0.2, 0) is 4.79 Å². The zero-order valence-corrected chi connectivity index (χ0v) is 11.1. The lowest BCUT2D eigenvalue weighted by atomic mass is 10.0. The molecule has 2 atom stereocenters. The van der Waals surface area contributed by atoms with Crippen LogP contribution in [-0.4, -0.2) is 43.9 Å². The van der Waals surface area contributed by atoms with Crippen LogP contribution in [0, 0.1) is 10.1 Å². The van der Waals surface area contributed by atoms with Gasteiger partial charge in [-0.25, -0.2) is 0 Å². The fourth-order valence-corrected chi connectivity index (χ4v) is 1.96. The second-order valence-electron chi connectivity index (χ2n) is 4.58. The molecule has 112 valence electrons. The van der Waals surface area contributed by atoms with E-state index in [0.29, 0.717) is 10.9 Å². The normalized spacial score (nSPS) is 13.9. The zero-order valence-electron chi connectivity index (χ0n) is 11.1. The third kappa shape index (κ3) is 3.15. The number of aliphatic hydroxyl groups excluding tert-OH is 2. The van der Waals surface area contributed by atoms with Crippen LogP contribution in [0.1, 0.15) is 18.6 Å². The van der Waals surface area contributed by atoms with E-state index in [0.717, 1.165) is 0 Å². The van der Waals surface area contributed by atoms with Gasteiger partial charge in [0.2, 0.25) is 5.91 Å². The molecule has 0 saturated heterocycles. The number of aromatic nitrogens is 2. The Morgan fingerprint density at radius 3 is 2.86 bits per heavy atom. The van der Waals surface area contributed by atoms with Crippen molar-refractivity contribution in [2.24, 2.45) is 0 Å². The summed E-state index contributed by atoms with van der Waals surface area (Å²) in [5.74, 6) is -0.351. The third-order valence-electron chi connectivity index (χ3n) is 3.02. The van der Waals surface area contributed by atoms with Gasteiger partial charge < -0.3 is 15.5 Å². The molecule has 0 aliphatic carbocycles. The number of hydrogen-bond acceptors (Lipinski definition) is 6. The van der Waals surface area contributed by atoms with Crippen LogP contribution in [0.15, 0.2) is 18.3 Å². The minimum Gasteiger partial charge on any atom is -0.388 e. The van der Waals surface area contributed by atoms with Gasteiger partial charge in [0.1, 0.15) is 12.2 Å². The van der Waals surface area contributed by atoms with E-state index in [2.05, 4.69) is 15.5 Å².